The number of carbonyl (C=O) groups excluding carboxylic acids is 1. The summed E-state index contributed by atoms with van der Waals surface area (Å²) >= 11 is 0. The molecule has 0 atom stereocenters. The second kappa shape index (κ2) is 6.80. The second-order valence-electron chi connectivity index (χ2n) is 4.40. The molecule has 0 aliphatic carbocycles. The molecule has 1 heterocycles. The minimum Gasteiger partial charge on any atom is -0.505 e. The van der Waals surface area contributed by atoms with Crippen molar-refractivity contribution in [1.82, 2.24) is 4.98 Å². The molecule has 0 aliphatic rings. The predicted molar refractivity (Wildman–Crippen MR) is 77.2 cm³/mol. The number of carbonyl (C=O) groups is 1. The Bertz CT molecular complexity index is 697. The van der Waals surface area contributed by atoms with Gasteiger partial charge in [0.25, 0.3) is 6.43 Å². The number of halogens is 2. The number of allylic oxidation sites excluding steroid dienone is 1. The van der Waals surface area contributed by atoms with Gasteiger partial charge in [0, 0.05) is 5.56 Å². The van der Waals surface area contributed by atoms with Crippen LogP contribution in [0.2, 0.25) is 0 Å². The fourth-order valence-corrected chi connectivity index (χ4v) is 1.84. The average Bonchev–Trinajstić information content (AvgIpc) is 2.52. The Labute approximate surface area is 125 Å². The van der Waals surface area contributed by atoms with Crippen LogP contribution in [0.5, 0.6) is 11.5 Å². The van der Waals surface area contributed by atoms with E-state index in [9.17, 15) is 18.7 Å². The van der Waals surface area contributed by atoms with Gasteiger partial charge in [0.1, 0.15) is 11.3 Å². The third-order valence-electron chi connectivity index (χ3n) is 2.97. The molecular formula is C16H13F2NO3. The lowest BCUT2D eigenvalue weighted by atomic mass is 10.1. The number of benzene rings is 1. The largest absolute Gasteiger partial charge is 0.505 e. The summed E-state index contributed by atoms with van der Waals surface area (Å²) < 4.78 is 29.9. The van der Waals surface area contributed by atoms with Gasteiger partial charge in [-0.3, -0.25) is 9.78 Å². The first-order chi connectivity index (χ1) is 10.5. The van der Waals surface area contributed by atoms with Crippen LogP contribution in [-0.4, -0.2) is 23.0 Å². The number of nitrogens with zero attached hydrogens (tertiary/aromatic N) is 1. The third-order valence-corrected chi connectivity index (χ3v) is 2.97. The van der Waals surface area contributed by atoms with Gasteiger partial charge in [-0.25, -0.2) is 8.78 Å². The molecule has 114 valence electrons. The van der Waals surface area contributed by atoms with E-state index in [2.05, 4.69) is 4.98 Å². The van der Waals surface area contributed by atoms with E-state index in [1.54, 1.807) is 0 Å². The minimum absolute atomic E-state index is 0.00190. The fraction of sp³-hybridized carbons (Fsp3) is 0.125. The van der Waals surface area contributed by atoms with E-state index in [0.717, 1.165) is 6.20 Å². The lowest BCUT2D eigenvalue weighted by molar-refractivity contribution is 0.104. The van der Waals surface area contributed by atoms with E-state index in [4.69, 9.17) is 4.74 Å². The molecule has 0 saturated heterocycles. The minimum atomic E-state index is -2.53. The van der Waals surface area contributed by atoms with Crippen LogP contribution in [0, 0.1) is 0 Å². The third kappa shape index (κ3) is 3.46. The van der Waals surface area contributed by atoms with Crippen molar-refractivity contribution in [3.05, 3.63) is 59.4 Å². The Morgan fingerprint density at radius 1 is 1.27 bits per heavy atom. The van der Waals surface area contributed by atoms with Crippen LogP contribution < -0.4 is 4.74 Å². The van der Waals surface area contributed by atoms with Crippen LogP contribution in [0.25, 0.3) is 6.08 Å². The van der Waals surface area contributed by atoms with E-state index >= 15 is 0 Å². The van der Waals surface area contributed by atoms with Crippen molar-refractivity contribution in [3.8, 4) is 11.5 Å². The molecule has 0 saturated carbocycles. The van der Waals surface area contributed by atoms with Crippen LogP contribution in [0.3, 0.4) is 0 Å². The van der Waals surface area contributed by atoms with Crippen LogP contribution >= 0.6 is 0 Å². The zero-order valence-corrected chi connectivity index (χ0v) is 11.7. The van der Waals surface area contributed by atoms with E-state index in [0.29, 0.717) is 5.56 Å². The molecule has 4 nitrogen and oxygen atoms in total. The Morgan fingerprint density at radius 2 is 1.95 bits per heavy atom. The van der Waals surface area contributed by atoms with Gasteiger partial charge in [0.05, 0.1) is 19.5 Å². The first kappa shape index (κ1) is 15.6. The summed E-state index contributed by atoms with van der Waals surface area (Å²) in [6.45, 7) is 0. The molecule has 1 aromatic heterocycles. The van der Waals surface area contributed by atoms with Gasteiger partial charge in [-0.2, -0.15) is 0 Å². The molecule has 6 heteroatoms. The summed E-state index contributed by atoms with van der Waals surface area (Å²) in [4.78, 5) is 15.8. The van der Waals surface area contributed by atoms with Gasteiger partial charge in [0.15, 0.2) is 11.5 Å². The first-order valence-corrected chi connectivity index (χ1v) is 6.34. The van der Waals surface area contributed by atoms with Crippen LogP contribution in [-0.2, 0) is 0 Å². The van der Waals surface area contributed by atoms with Crippen molar-refractivity contribution >= 4 is 11.9 Å². The summed E-state index contributed by atoms with van der Waals surface area (Å²) in [6.07, 6.45) is 2.63. The number of ketones is 1. The second-order valence-corrected chi connectivity index (χ2v) is 4.40. The van der Waals surface area contributed by atoms with Crippen LogP contribution in [0.15, 0.2) is 42.7 Å². The van der Waals surface area contributed by atoms with Gasteiger partial charge in [-0.05, 0) is 11.6 Å². The molecule has 22 heavy (non-hydrogen) atoms. The van der Waals surface area contributed by atoms with Crippen LogP contribution in [0.1, 0.15) is 27.9 Å². The lowest BCUT2D eigenvalue weighted by Crippen LogP contribution is -2.00. The summed E-state index contributed by atoms with van der Waals surface area (Å²) in [5.41, 5.74) is 0.500. The number of ether oxygens (including phenoxy) is 1. The maximum atomic E-state index is 12.4. The summed E-state index contributed by atoms with van der Waals surface area (Å²) in [6, 6.07) is 5.54. The zero-order chi connectivity index (χ0) is 16.1. The maximum Gasteiger partial charge on any atom is 0.263 e. The normalized spacial score (nSPS) is 11.1. The number of pyridine rings is 1. The van der Waals surface area contributed by atoms with Crippen molar-refractivity contribution in [1.29, 1.82) is 0 Å². The van der Waals surface area contributed by atoms with Crippen molar-refractivity contribution in [2.24, 2.45) is 0 Å². The average molecular weight is 305 g/mol. The molecule has 0 aliphatic heterocycles. The van der Waals surface area contributed by atoms with Gasteiger partial charge in [-0.15, -0.1) is 0 Å². The van der Waals surface area contributed by atoms with Crippen molar-refractivity contribution < 1.29 is 23.4 Å². The molecule has 0 radical (unpaired) electrons. The molecule has 0 amide bonds. The Morgan fingerprint density at radius 3 is 2.55 bits per heavy atom. The predicted octanol–water partition coefficient (Wildman–Crippen LogP) is 3.63. The van der Waals surface area contributed by atoms with Crippen LogP contribution in [0.4, 0.5) is 8.78 Å². The quantitative estimate of drug-likeness (QED) is 0.677. The highest BCUT2D eigenvalue weighted by Crippen LogP contribution is 2.27. The van der Waals surface area contributed by atoms with Gasteiger partial charge < -0.3 is 9.84 Å². The van der Waals surface area contributed by atoms with Gasteiger partial charge >= 0.3 is 0 Å². The van der Waals surface area contributed by atoms with E-state index < -0.39 is 12.2 Å². The number of hydrogen-bond acceptors (Lipinski definition) is 4. The van der Waals surface area contributed by atoms with Gasteiger partial charge in [0.2, 0.25) is 0 Å². The standard InChI is InChI=1S/C16H13F2NO3/c1-22-14-9-19-8-13(21)15(14)12(20)7-4-10-2-5-11(6-3-10)16(17)18/h2-9,16,21H,1H3/b7-4+. The molecule has 2 rings (SSSR count). The van der Waals surface area contributed by atoms with Gasteiger partial charge in [-0.1, -0.05) is 30.3 Å². The van der Waals surface area contributed by atoms with Crippen molar-refractivity contribution in [2.45, 2.75) is 6.43 Å². The van der Waals surface area contributed by atoms with E-state index in [-0.39, 0.29) is 22.6 Å². The highest BCUT2D eigenvalue weighted by atomic mass is 19.3. The van der Waals surface area contributed by atoms with Crippen molar-refractivity contribution in [2.75, 3.05) is 7.11 Å². The first-order valence-electron chi connectivity index (χ1n) is 6.34. The molecule has 2 aromatic rings. The number of alkyl halides is 2. The van der Waals surface area contributed by atoms with E-state index in [1.807, 2.05) is 0 Å². The Balaban J connectivity index is 2.21. The number of aromatic nitrogens is 1. The number of rotatable bonds is 5. The molecule has 0 fully saturated rings. The highest BCUT2D eigenvalue weighted by Gasteiger charge is 2.15. The molecule has 0 spiro atoms. The number of aromatic hydroxyl groups is 1. The fourth-order valence-electron chi connectivity index (χ4n) is 1.84. The lowest BCUT2D eigenvalue weighted by Gasteiger charge is -2.06. The smallest absolute Gasteiger partial charge is 0.263 e. The summed E-state index contributed by atoms with van der Waals surface area (Å²) in [5, 5.41) is 9.71. The van der Waals surface area contributed by atoms with Crippen molar-refractivity contribution in [3.63, 3.8) is 0 Å². The molecule has 0 unspecified atom stereocenters. The monoisotopic (exact) mass is 305 g/mol. The molecule has 0 bridgehead atoms. The van der Waals surface area contributed by atoms with E-state index in [1.165, 1.54) is 49.7 Å². The Kier molecular flexibility index (Phi) is 4.83. The molecule has 1 aromatic carbocycles. The molecule has 1 N–H and O–H groups in total. The number of hydrogen-bond donors (Lipinski definition) is 1. The summed E-state index contributed by atoms with van der Waals surface area (Å²) in [7, 11) is 1.36. The topological polar surface area (TPSA) is 59.4 Å². The SMILES string of the molecule is COc1cncc(O)c1C(=O)/C=C/c1ccc(C(F)F)cc1. The summed E-state index contributed by atoms with van der Waals surface area (Å²) in [5.74, 6) is -0.612. The molecular weight excluding hydrogens is 292 g/mol. The number of methoxy groups -OCH3 is 1. The Hall–Kier alpha value is -2.76. The highest BCUT2D eigenvalue weighted by molar-refractivity contribution is 6.10. The zero-order valence-electron chi connectivity index (χ0n) is 11.7. The maximum absolute atomic E-state index is 12.4.